The van der Waals surface area contributed by atoms with Gasteiger partial charge in [-0.2, -0.15) is 0 Å². The van der Waals surface area contributed by atoms with E-state index >= 15 is 0 Å². The molecule has 1 N–H and O–H groups in total. The van der Waals surface area contributed by atoms with Crippen LogP contribution in [-0.4, -0.2) is 56.9 Å². The van der Waals surface area contributed by atoms with Crippen molar-refractivity contribution in [2.45, 2.75) is 62.6 Å². The molecule has 0 bridgehead atoms. The van der Waals surface area contributed by atoms with Gasteiger partial charge >= 0.3 is 0 Å². The van der Waals surface area contributed by atoms with Crippen molar-refractivity contribution >= 4 is 29.4 Å². The molecule has 0 radical (unpaired) electrons. The Hall–Kier alpha value is -2.07. The Bertz CT molecular complexity index is 810. The monoisotopic (exact) mass is 406 g/mol. The van der Waals surface area contributed by atoms with Gasteiger partial charge < -0.3 is 19.5 Å². The summed E-state index contributed by atoms with van der Waals surface area (Å²) in [6.45, 7) is 7.16. The van der Waals surface area contributed by atoms with Crippen LogP contribution in [0.15, 0.2) is 15.7 Å². The molecule has 152 valence electrons. The van der Waals surface area contributed by atoms with Gasteiger partial charge in [-0.1, -0.05) is 16.9 Å². The molecule has 2 fully saturated rings. The number of thioether (sulfide) groups is 1. The number of aromatic nitrogens is 4. The summed E-state index contributed by atoms with van der Waals surface area (Å²) in [6.07, 6.45) is 4.66. The van der Waals surface area contributed by atoms with Crippen LogP contribution in [0.3, 0.4) is 0 Å². The highest BCUT2D eigenvalue weighted by Crippen LogP contribution is 2.29. The van der Waals surface area contributed by atoms with Gasteiger partial charge in [0.15, 0.2) is 11.0 Å². The van der Waals surface area contributed by atoms with Crippen molar-refractivity contribution in [1.82, 2.24) is 19.9 Å². The molecular weight excluding hydrogens is 380 g/mol. The number of nitrogens with one attached hydrogen (secondary N) is 1. The lowest BCUT2D eigenvalue weighted by Crippen LogP contribution is -2.26. The topological polar surface area (TPSA) is 98.3 Å². The summed E-state index contributed by atoms with van der Waals surface area (Å²) in [5.41, 5.74) is 0. The van der Waals surface area contributed by atoms with Gasteiger partial charge in [0.05, 0.1) is 17.9 Å². The third-order valence-corrected chi connectivity index (χ3v) is 6.11. The van der Waals surface area contributed by atoms with Crippen LogP contribution in [0, 0.1) is 6.92 Å². The van der Waals surface area contributed by atoms with Crippen LogP contribution in [-0.2, 0) is 16.1 Å². The lowest BCUT2D eigenvalue weighted by atomic mass is 10.2. The fourth-order valence-electron chi connectivity index (χ4n) is 3.54. The molecule has 2 aliphatic rings. The van der Waals surface area contributed by atoms with Gasteiger partial charge in [0, 0.05) is 25.8 Å². The highest BCUT2D eigenvalue weighted by molar-refractivity contribution is 8.00. The minimum Gasteiger partial charge on any atom is -0.376 e. The first-order chi connectivity index (χ1) is 13.6. The Morgan fingerprint density at radius 2 is 2.18 bits per heavy atom. The second-order valence-corrected chi connectivity index (χ2v) is 8.60. The standard InChI is InChI=1S/C18H26N6O3S/c1-12-10-15(22-27-12)19-16(25)13(2)28-18-21-20-17(23-7-3-4-8-23)24(18)11-14-6-5-9-26-14/h10,13-14H,3-9,11H2,1-2H3,(H,19,22,25)/t13-,14-/m0/s1. The Morgan fingerprint density at radius 3 is 2.86 bits per heavy atom. The van der Waals surface area contributed by atoms with Gasteiger partial charge in [0.25, 0.3) is 0 Å². The van der Waals surface area contributed by atoms with Gasteiger partial charge in [-0.05, 0) is 39.5 Å². The number of rotatable bonds is 7. The molecule has 2 atom stereocenters. The first kappa shape index (κ1) is 19.3. The summed E-state index contributed by atoms with van der Waals surface area (Å²) in [4.78, 5) is 14.8. The highest BCUT2D eigenvalue weighted by atomic mass is 32.2. The van der Waals surface area contributed by atoms with Crippen LogP contribution in [0.5, 0.6) is 0 Å². The van der Waals surface area contributed by atoms with E-state index in [9.17, 15) is 4.79 Å². The van der Waals surface area contributed by atoms with Crippen LogP contribution < -0.4 is 10.2 Å². The van der Waals surface area contributed by atoms with E-state index in [0.29, 0.717) is 11.6 Å². The van der Waals surface area contributed by atoms with Crippen LogP contribution in [0.1, 0.15) is 38.4 Å². The normalized spacial score (nSPS) is 20.6. The van der Waals surface area contributed by atoms with E-state index in [2.05, 4.69) is 30.1 Å². The van der Waals surface area contributed by atoms with Gasteiger partial charge in [-0.3, -0.25) is 9.36 Å². The molecule has 2 aromatic heterocycles. The zero-order valence-electron chi connectivity index (χ0n) is 16.3. The second kappa shape index (κ2) is 8.52. The number of carbonyl (C=O) groups excluding carboxylic acids is 1. The van der Waals surface area contributed by atoms with Crippen molar-refractivity contribution in [2.75, 3.05) is 29.9 Å². The average Bonchev–Trinajstić information content (AvgIpc) is 3.45. The largest absolute Gasteiger partial charge is 0.376 e. The Kier molecular flexibility index (Phi) is 5.86. The smallest absolute Gasteiger partial charge is 0.238 e. The zero-order chi connectivity index (χ0) is 19.5. The van der Waals surface area contributed by atoms with Gasteiger partial charge in [-0.25, -0.2) is 0 Å². The molecule has 4 heterocycles. The van der Waals surface area contributed by atoms with Gasteiger partial charge in [0.1, 0.15) is 5.76 Å². The molecular formula is C18H26N6O3S. The summed E-state index contributed by atoms with van der Waals surface area (Å²) >= 11 is 1.40. The van der Waals surface area contributed by atoms with Gasteiger partial charge in [0.2, 0.25) is 11.9 Å². The minimum absolute atomic E-state index is 0.146. The number of hydrogen-bond acceptors (Lipinski definition) is 8. The first-order valence-corrected chi connectivity index (χ1v) is 10.7. The number of amides is 1. The lowest BCUT2D eigenvalue weighted by Gasteiger charge is -2.21. The number of nitrogens with zero attached hydrogens (tertiary/aromatic N) is 5. The molecule has 0 unspecified atom stereocenters. The fourth-order valence-corrected chi connectivity index (χ4v) is 4.39. The van der Waals surface area contributed by atoms with Crippen molar-refractivity contribution in [1.29, 1.82) is 0 Å². The molecule has 10 heteroatoms. The molecule has 0 aromatic carbocycles. The molecule has 9 nitrogen and oxygen atoms in total. The molecule has 2 saturated heterocycles. The van der Waals surface area contributed by atoms with Crippen molar-refractivity contribution < 1.29 is 14.1 Å². The van der Waals surface area contributed by atoms with Crippen LogP contribution in [0.2, 0.25) is 0 Å². The van der Waals surface area contributed by atoms with E-state index < -0.39 is 0 Å². The summed E-state index contributed by atoms with van der Waals surface area (Å²) < 4.78 is 13.0. The predicted molar refractivity (Wildman–Crippen MR) is 106 cm³/mol. The van der Waals surface area contributed by atoms with Crippen molar-refractivity contribution in [3.63, 3.8) is 0 Å². The minimum atomic E-state index is -0.351. The SMILES string of the molecule is Cc1cc(NC(=O)[C@H](C)Sc2nnc(N3CCCC3)n2C[C@@H]2CCCO2)no1. The Labute approximate surface area is 168 Å². The molecule has 28 heavy (non-hydrogen) atoms. The maximum atomic E-state index is 12.5. The number of aryl methyl sites for hydroxylation is 1. The molecule has 4 rings (SSSR count). The fraction of sp³-hybridized carbons (Fsp3) is 0.667. The molecule has 0 spiro atoms. The Morgan fingerprint density at radius 1 is 1.36 bits per heavy atom. The van der Waals surface area contributed by atoms with Crippen LogP contribution >= 0.6 is 11.8 Å². The van der Waals surface area contributed by atoms with E-state index in [1.54, 1.807) is 13.0 Å². The third-order valence-electron chi connectivity index (χ3n) is 5.03. The number of hydrogen-bond donors (Lipinski definition) is 1. The third kappa shape index (κ3) is 4.33. The second-order valence-electron chi connectivity index (χ2n) is 7.29. The highest BCUT2D eigenvalue weighted by Gasteiger charge is 2.27. The molecule has 0 saturated carbocycles. The van der Waals surface area contributed by atoms with Crippen molar-refractivity contribution in [3.05, 3.63) is 11.8 Å². The van der Waals surface area contributed by atoms with Crippen LogP contribution in [0.25, 0.3) is 0 Å². The quantitative estimate of drug-likeness (QED) is 0.700. The summed E-state index contributed by atoms with van der Waals surface area (Å²) in [5, 5.41) is 15.8. The van der Waals surface area contributed by atoms with E-state index in [4.69, 9.17) is 9.26 Å². The predicted octanol–water partition coefficient (Wildman–Crippen LogP) is 2.47. The van der Waals surface area contributed by atoms with E-state index in [1.165, 1.54) is 24.6 Å². The maximum absolute atomic E-state index is 12.5. The number of carbonyl (C=O) groups is 1. The molecule has 2 aromatic rings. The lowest BCUT2D eigenvalue weighted by molar-refractivity contribution is -0.115. The zero-order valence-corrected chi connectivity index (χ0v) is 17.1. The van der Waals surface area contributed by atoms with E-state index in [0.717, 1.165) is 50.2 Å². The molecule has 2 aliphatic heterocycles. The Balaban J connectivity index is 1.48. The average molecular weight is 407 g/mol. The van der Waals surface area contributed by atoms with E-state index in [1.807, 2.05) is 6.92 Å². The van der Waals surface area contributed by atoms with Crippen molar-refractivity contribution in [2.24, 2.45) is 0 Å². The first-order valence-electron chi connectivity index (χ1n) is 9.81. The number of ether oxygens (including phenoxy) is 1. The molecule has 1 amide bonds. The summed E-state index contributed by atoms with van der Waals surface area (Å²) in [6, 6.07) is 1.70. The van der Waals surface area contributed by atoms with Gasteiger partial charge in [-0.15, -0.1) is 10.2 Å². The molecule has 0 aliphatic carbocycles. The van der Waals surface area contributed by atoms with Crippen molar-refractivity contribution in [3.8, 4) is 0 Å². The van der Waals surface area contributed by atoms with Crippen LogP contribution in [0.4, 0.5) is 11.8 Å². The summed E-state index contributed by atoms with van der Waals surface area (Å²) in [7, 11) is 0. The maximum Gasteiger partial charge on any atom is 0.238 e. The van der Waals surface area contributed by atoms with E-state index in [-0.39, 0.29) is 17.3 Å². The summed E-state index contributed by atoms with van der Waals surface area (Å²) in [5.74, 6) is 1.82. The number of anilines is 2.